The Kier molecular flexibility index (Phi) is 8.75. The van der Waals surface area contributed by atoms with Gasteiger partial charge >= 0.3 is 0 Å². The molecular formula is C24H35N5O6S. The number of hydrogen-bond acceptors (Lipinski definition) is 7. The third kappa shape index (κ3) is 6.05. The first-order valence-corrected chi connectivity index (χ1v) is 13.3. The number of rotatable bonds is 5. The molecule has 0 saturated carbocycles. The fourth-order valence-corrected chi connectivity index (χ4v) is 5.73. The summed E-state index contributed by atoms with van der Waals surface area (Å²) in [5.74, 6) is -0.426. The van der Waals surface area contributed by atoms with E-state index in [0.29, 0.717) is 17.7 Å². The van der Waals surface area contributed by atoms with Gasteiger partial charge in [-0.05, 0) is 25.0 Å². The molecule has 1 aliphatic rings. The minimum Gasteiger partial charge on any atom is -0.491 e. The number of ether oxygens (including phenoxy) is 2. The molecule has 198 valence electrons. The summed E-state index contributed by atoms with van der Waals surface area (Å²) in [5, 5.41) is 2.71. The standard InChI is InChI=1S/C24H35N5O6S/c1-7-22(30)26-18-8-9-19-20(10-18)35-14-17(3)29(36(32,33)23-13-27(4)15-25-23)11-16(2)21(34-6)12-28(5)24(19)31/h8-10,13,15-17,21H,7,11-12,14H2,1-6H3,(H,26,30)/t16-,17-,21-/m1/s1. The zero-order chi connectivity index (χ0) is 26.6. The Morgan fingerprint density at radius 2 is 1.97 bits per heavy atom. The van der Waals surface area contributed by atoms with Gasteiger partial charge in [-0.2, -0.15) is 4.31 Å². The maximum Gasteiger partial charge on any atom is 0.262 e. The Morgan fingerprint density at radius 3 is 2.58 bits per heavy atom. The highest BCUT2D eigenvalue weighted by Gasteiger charge is 2.35. The summed E-state index contributed by atoms with van der Waals surface area (Å²) in [6.07, 6.45) is 2.78. The number of aryl methyl sites for hydroxylation is 1. The van der Waals surface area contributed by atoms with Gasteiger partial charge in [-0.3, -0.25) is 9.59 Å². The lowest BCUT2D eigenvalue weighted by molar-refractivity contribution is -0.115. The van der Waals surface area contributed by atoms with E-state index in [1.165, 1.54) is 21.7 Å². The average molecular weight is 522 g/mol. The van der Waals surface area contributed by atoms with Crippen molar-refractivity contribution in [1.82, 2.24) is 18.8 Å². The number of nitrogens with one attached hydrogen (secondary N) is 1. The lowest BCUT2D eigenvalue weighted by Crippen LogP contribution is -2.48. The van der Waals surface area contributed by atoms with Gasteiger partial charge in [0.1, 0.15) is 12.4 Å². The number of benzene rings is 1. The number of methoxy groups -OCH3 is 1. The second-order valence-electron chi connectivity index (χ2n) is 9.16. The van der Waals surface area contributed by atoms with Crippen LogP contribution in [0.4, 0.5) is 5.69 Å². The number of sulfonamides is 1. The van der Waals surface area contributed by atoms with Crippen LogP contribution in [0.2, 0.25) is 0 Å². The Morgan fingerprint density at radius 1 is 1.25 bits per heavy atom. The first kappa shape index (κ1) is 27.6. The number of aromatic nitrogens is 2. The minimum absolute atomic E-state index is 0.0222. The molecule has 0 aliphatic carbocycles. The van der Waals surface area contributed by atoms with Crippen molar-refractivity contribution in [2.24, 2.45) is 13.0 Å². The molecule has 1 aromatic heterocycles. The van der Waals surface area contributed by atoms with Crippen molar-refractivity contribution in [2.75, 3.05) is 39.2 Å². The Hall–Kier alpha value is -2.96. The van der Waals surface area contributed by atoms with E-state index < -0.39 is 22.2 Å². The summed E-state index contributed by atoms with van der Waals surface area (Å²) in [6, 6.07) is 4.24. The monoisotopic (exact) mass is 521 g/mol. The summed E-state index contributed by atoms with van der Waals surface area (Å²) >= 11 is 0. The highest BCUT2D eigenvalue weighted by atomic mass is 32.2. The molecule has 3 atom stereocenters. The predicted molar refractivity (Wildman–Crippen MR) is 134 cm³/mol. The minimum atomic E-state index is -3.94. The Bertz CT molecular complexity index is 1200. The molecule has 0 bridgehead atoms. The number of carbonyl (C=O) groups is 2. The van der Waals surface area contributed by atoms with Gasteiger partial charge < -0.3 is 24.3 Å². The highest BCUT2D eigenvalue weighted by Crippen LogP contribution is 2.28. The van der Waals surface area contributed by atoms with Crippen LogP contribution in [0.25, 0.3) is 0 Å². The van der Waals surface area contributed by atoms with E-state index in [4.69, 9.17) is 9.47 Å². The number of anilines is 1. The van der Waals surface area contributed by atoms with Crippen LogP contribution in [0.3, 0.4) is 0 Å². The SMILES string of the molecule is CCC(=O)Nc1ccc2c(c1)OC[C@@H](C)N(S(=O)(=O)c1cn(C)cn1)C[C@@H](C)[C@H](OC)CN(C)C2=O. The normalized spacial score (nSPS) is 22.2. The molecule has 12 heteroatoms. The van der Waals surface area contributed by atoms with Crippen LogP contribution in [-0.4, -0.2) is 85.0 Å². The zero-order valence-corrected chi connectivity index (χ0v) is 22.4. The van der Waals surface area contributed by atoms with Gasteiger partial charge in [0.25, 0.3) is 15.9 Å². The number of likely N-dealkylation sites (N-methyl/N-ethyl adjacent to an activating group) is 1. The fraction of sp³-hybridized carbons (Fsp3) is 0.542. The van der Waals surface area contributed by atoms with Crippen LogP contribution in [-0.2, 0) is 26.6 Å². The van der Waals surface area contributed by atoms with Crippen LogP contribution in [0.5, 0.6) is 5.75 Å². The maximum absolute atomic E-state index is 13.6. The van der Waals surface area contributed by atoms with E-state index in [2.05, 4.69) is 10.3 Å². The molecule has 0 fully saturated rings. The van der Waals surface area contributed by atoms with Crippen LogP contribution in [0.1, 0.15) is 37.6 Å². The summed E-state index contributed by atoms with van der Waals surface area (Å²) in [7, 11) is 0.970. The molecule has 36 heavy (non-hydrogen) atoms. The first-order valence-electron chi connectivity index (χ1n) is 11.8. The van der Waals surface area contributed by atoms with Gasteiger partial charge in [0, 0.05) is 58.7 Å². The number of amides is 2. The second kappa shape index (κ2) is 11.4. The van der Waals surface area contributed by atoms with Gasteiger partial charge in [-0.15, -0.1) is 0 Å². The Labute approximate surface area is 212 Å². The van der Waals surface area contributed by atoms with E-state index in [0.717, 1.165) is 0 Å². The van der Waals surface area contributed by atoms with Crippen molar-refractivity contribution in [2.45, 2.75) is 44.4 Å². The molecule has 0 spiro atoms. The summed E-state index contributed by atoms with van der Waals surface area (Å²) < 4.78 is 41.8. The van der Waals surface area contributed by atoms with Crippen molar-refractivity contribution in [3.63, 3.8) is 0 Å². The maximum atomic E-state index is 13.6. The van der Waals surface area contributed by atoms with Crippen molar-refractivity contribution in [3.8, 4) is 5.75 Å². The molecule has 1 aromatic carbocycles. The molecule has 11 nitrogen and oxygen atoms in total. The summed E-state index contributed by atoms with van der Waals surface area (Å²) in [4.78, 5) is 30.8. The largest absolute Gasteiger partial charge is 0.491 e. The molecule has 0 unspecified atom stereocenters. The predicted octanol–water partition coefficient (Wildman–Crippen LogP) is 1.96. The number of imidazole rings is 1. The molecule has 2 heterocycles. The van der Waals surface area contributed by atoms with Crippen LogP contribution >= 0.6 is 0 Å². The van der Waals surface area contributed by atoms with E-state index in [-0.39, 0.29) is 48.2 Å². The lowest BCUT2D eigenvalue weighted by Gasteiger charge is -2.35. The molecule has 1 N–H and O–H groups in total. The molecule has 3 rings (SSSR count). The van der Waals surface area contributed by atoms with Crippen molar-refractivity contribution < 1.29 is 27.5 Å². The van der Waals surface area contributed by atoms with E-state index in [9.17, 15) is 18.0 Å². The van der Waals surface area contributed by atoms with E-state index >= 15 is 0 Å². The molecule has 1 aliphatic heterocycles. The van der Waals surface area contributed by atoms with Gasteiger partial charge in [0.05, 0.1) is 24.0 Å². The van der Waals surface area contributed by atoms with Gasteiger partial charge in [0.15, 0.2) is 5.03 Å². The van der Waals surface area contributed by atoms with Gasteiger partial charge in [-0.1, -0.05) is 13.8 Å². The lowest BCUT2D eigenvalue weighted by atomic mass is 10.0. The molecule has 0 saturated heterocycles. The molecule has 0 radical (unpaired) electrons. The van der Waals surface area contributed by atoms with Crippen molar-refractivity contribution in [1.29, 1.82) is 0 Å². The summed E-state index contributed by atoms with van der Waals surface area (Å²) in [5.41, 5.74) is 0.790. The molecular weight excluding hydrogens is 486 g/mol. The first-order chi connectivity index (χ1) is 17.0. The third-order valence-electron chi connectivity index (χ3n) is 6.25. The number of carbonyl (C=O) groups excluding carboxylic acids is 2. The van der Waals surface area contributed by atoms with Crippen LogP contribution in [0, 0.1) is 5.92 Å². The summed E-state index contributed by atoms with van der Waals surface area (Å²) in [6.45, 7) is 5.75. The van der Waals surface area contributed by atoms with Crippen LogP contribution in [0.15, 0.2) is 35.7 Å². The highest BCUT2D eigenvalue weighted by molar-refractivity contribution is 7.89. The number of nitrogens with zero attached hydrogens (tertiary/aromatic N) is 4. The van der Waals surface area contributed by atoms with Crippen molar-refractivity contribution in [3.05, 3.63) is 36.3 Å². The van der Waals surface area contributed by atoms with Crippen LogP contribution < -0.4 is 10.1 Å². The smallest absolute Gasteiger partial charge is 0.262 e. The van der Waals surface area contributed by atoms with E-state index in [1.54, 1.807) is 57.8 Å². The average Bonchev–Trinajstić information content (AvgIpc) is 3.30. The molecule has 2 amide bonds. The Balaban J connectivity index is 2.04. The molecule has 2 aromatic rings. The zero-order valence-electron chi connectivity index (χ0n) is 21.6. The topological polar surface area (TPSA) is 123 Å². The number of hydrogen-bond donors (Lipinski definition) is 1. The van der Waals surface area contributed by atoms with Crippen molar-refractivity contribution >= 4 is 27.5 Å². The quantitative estimate of drug-likeness (QED) is 0.638. The number of fused-ring (bicyclic) bond motifs is 1. The van der Waals surface area contributed by atoms with Gasteiger partial charge in [0.2, 0.25) is 5.91 Å². The van der Waals surface area contributed by atoms with E-state index in [1.807, 2.05) is 6.92 Å². The second-order valence-corrected chi connectivity index (χ2v) is 11.0. The van der Waals surface area contributed by atoms with Gasteiger partial charge in [-0.25, -0.2) is 13.4 Å². The fourth-order valence-electron chi connectivity index (χ4n) is 4.04. The third-order valence-corrected chi connectivity index (χ3v) is 8.11.